The molecule has 96 valence electrons. The normalized spacial score (nSPS) is 10.5. The lowest BCUT2D eigenvalue weighted by Crippen LogP contribution is -2.21. The second-order valence-electron chi connectivity index (χ2n) is 4.07. The Labute approximate surface area is 103 Å². The predicted octanol–water partition coefficient (Wildman–Crippen LogP) is 2.21. The van der Waals surface area contributed by atoms with Crippen molar-refractivity contribution in [1.82, 2.24) is 5.32 Å². The first-order valence-electron chi connectivity index (χ1n) is 5.64. The largest absolute Gasteiger partial charge is 0.493 e. The number of hydrogen-bond donors (Lipinski definition) is 1. The minimum Gasteiger partial charge on any atom is -0.493 e. The number of ether oxygens (including phenoxy) is 3. The van der Waals surface area contributed by atoms with Crippen molar-refractivity contribution in [2.45, 2.75) is 26.4 Å². The Morgan fingerprint density at radius 2 is 1.53 bits per heavy atom. The van der Waals surface area contributed by atoms with Crippen LogP contribution in [0.2, 0.25) is 0 Å². The summed E-state index contributed by atoms with van der Waals surface area (Å²) in [4.78, 5) is 0. The fourth-order valence-corrected chi connectivity index (χ4v) is 1.56. The van der Waals surface area contributed by atoms with Crippen molar-refractivity contribution >= 4 is 0 Å². The van der Waals surface area contributed by atoms with Gasteiger partial charge in [0.15, 0.2) is 11.5 Å². The third-order valence-corrected chi connectivity index (χ3v) is 2.44. The molecule has 1 aromatic rings. The maximum atomic E-state index is 5.29. The molecule has 0 saturated carbocycles. The third-order valence-electron chi connectivity index (χ3n) is 2.44. The minimum atomic E-state index is 0.439. The molecule has 1 N–H and O–H groups in total. The fraction of sp³-hybridized carbons (Fsp3) is 0.538. The van der Waals surface area contributed by atoms with Gasteiger partial charge in [0, 0.05) is 12.6 Å². The van der Waals surface area contributed by atoms with Crippen molar-refractivity contribution < 1.29 is 14.2 Å². The number of methoxy groups -OCH3 is 3. The van der Waals surface area contributed by atoms with Gasteiger partial charge < -0.3 is 19.5 Å². The van der Waals surface area contributed by atoms with E-state index in [0.717, 1.165) is 12.1 Å². The Hall–Kier alpha value is -1.42. The molecule has 0 fully saturated rings. The maximum Gasteiger partial charge on any atom is 0.203 e. The minimum absolute atomic E-state index is 0.439. The average Bonchev–Trinajstić information content (AvgIpc) is 2.34. The van der Waals surface area contributed by atoms with E-state index in [0.29, 0.717) is 23.3 Å². The van der Waals surface area contributed by atoms with Crippen LogP contribution < -0.4 is 19.5 Å². The van der Waals surface area contributed by atoms with Crippen molar-refractivity contribution in [2.75, 3.05) is 21.3 Å². The van der Waals surface area contributed by atoms with Gasteiger partial charge in [-0.1, -0.05) is 13.8 Å². The maximum absolute atomic E-state index is 5.29. The Morgan fingerprint density at radius 3 is 1.88 bits per heavy atom. The van der Waals surface area contributed by atoms with Crippen LogP contribution >= 0.6 is 0 Å². The molecule has 0 heterocycles. The summed E-state index contributed by atoms with van der Waals surface area (Å²) >= 11 is 0. The molecule has 0 amide bonds. The van der Waals surface area contributed by atoms with Crippen LogP contribution in [0.1, 0.15) is 19.4 Å². The van der Waals surface area contributed by atoms with Gasteiger partial charge in [-0.3, -0.25) is 0 Å². The highest BCUT2D eigenvalue weighted by Gasteiger charge is 2.12. The standard InChI is InChI=1S/C13H21NO3/c1-9(2)14-8-10-6-11(15-3)13(17-5)12(7-10)16-4/h6-7,9,14H,8H2,1-5H3. The predicted molar refractivity (Wildman–Crippen MR) is 68.1 cm³/mol. The van der Waals surface area contributed by atoms with Crippen molar-refractivity contribution in [3.05, 3.63) is 17.7 Å². The van der Waals surface area contributed by atoms with E-state index in [-0.39, 0.29) is 0 Å². The highest BCUT2D eigenvalue weighted by molar-refractivity contribution is 5.53. The van der Waals surface area contributed by atoms with Gasteiger partial charge in [0.1, 0.15) is 0 Å². The zero-order valence-corrected chi connectivity index (χ0v) is 11.2. The monoisotopic (exact) mass is 239 g/mol. The molecule has 0 unspecified atom stereocenters. The van der Waals surface area contributed by atoms with Crippen LogP contribution in [-0.4, -0.2) is 27.4 Å². The highest BCUT2D eigenvalue weighted by Crippen LogP contribution is 2.38. The molecular weight excluding hydrogens is 218 g/mol. The Morgan fingerprint density at radius 1 is 1.00 bits per heavy atom. The van der Waals surface area contributed by atoms with Crippen LogP contribution in [0.4, 0.5) is 0 Å². The topological polar surface area (TPSA) is 39.7 Å². The molecule has 4 nitrogen and oxygen atoms in total. The van der Waals surface area contributed by atoms with Gasteiger partial charge in [-0.05, 0) is 17.7 Å². The smallest absolute Gasteiger partial charge is 0.203 e. The lowest BCUT2D eigenvalue weighted by Gasteiger charge is -2.15. The lowest BCUT2D eigenvalue weighted by atomic mass is 10.1. The summed E-state index contributed by atoms with van der Waals surface area (Å²) < 4.78 is 15.9. The first-order chi connectivity index (χ1) is 8.12. The summed E-state index contributed by atoms with van der Waals surface area (Å²) in [7, 11) is 4.85. The zero-order valence-electron chi connectivity index (χ0n) is 11.2. The molecular formula is C13H21NO3. The first kappa shape index (κ1) is 13.6. The van der Waals surface area contributed by atoms with Crippen molar-refractivity contribution in [3.8, 4) is 17.2 Å². The van der Waals surface area contributed by atoms with E-state index in [1.165, 1.54) is 0 Å². The van der Waals surface area contributed by atoms with Crippen LogP contribution in [0.5, 0.6) is 17.2 Å². The summed E-state index contributed by atoms with van der Waals surface area (Å²) in [6, 6.07) is 4.35. The van der Waals surface area contributed by atoms with Crippen molar-refractivity contribution in [3.63, 3.8) is 0 Å². The average molecular weight is 239 g/mol. The van der Waals surface area contributed by atoms with Gasteiger partial charge in [0.25, 0.3) is 0 Å². The number of rotatable bonds is 6. The second-order valence-corrected chi connectivity index (χ2v) is 4.07. The van der Waals surface area contributed by atoms with E-state index in [1.54, 1.807) is 21.3 Å². The van der Waals surface area contributed by atoms with E-state index >= 15 is 0 Å². The number of hydrogen-bond acceptors (Lipinski definition) is 4. The van der Waals surface area contributed by atoms with Crippen LogP contribution in [-0.2, 0) is 6.54 Å². The van der Waals surface area contributed by atoms with E-state index in [2.05, 4.69) is 19.2 Å². The first-order valence-corrected chi connectivity index (χ1v) is 5.64. The van der Waals surface area contributed by atoms with Crippen LogP contribution in [0.25, 0.3) is 0 Å². The van der Waals surface area contributed by atoms with Crippen LogP contribution in [0.15, 0.2) is 12.1 Å². The molecule has 17 heavy (non-hydrogen) atoms. The lowest BCUT2D eigenvalue weighted by molar-refractivity contribution is 0.323. The third kappa shape index (κ3) is 3.53. The fourth-order valence-electron chi connectivity index (χ4n) is 1.56. The summed E-state index contributed by atoms with van der Waals surface area (Å²) in [5, 5.41) is 3.35. The molecule has 0 saturated heterocycles. The van der Waals surface area contributed by atoms with E-state index < -0.39 is 0 Å². The van der Waals surface area contributed by atoms with E-state index in [9.17, 15) is 0 Å². The van der Waals surface area contributed by atoms with Gasteiger partial charge in [0.05, 0.1) is 21.3 Å². The van der Waals surface area contributed by atoms with Gasteiger partial charge >= 0.3 is 0 Å². The SMILES string of the molecule is COc1cc(CNC(C)C)cc(OC)c1OC. The molecule has 4 heteroatoms. The molecule has 1 aromatic carbocycles. The van der Waals surface area contributed by atoms with Crippen LogP contribution in [0, 0.1) is 0 Å². The van der Waals surface area contributed by atoms with Crippen LogP contribution in [0.3, 0.4) is 0 Å². The molecule has 0 bridgehead atoms. The number of benzene rings is 1. The summed E-state index contributed by atoms with van der Waals surface area (Å²) in [5.41, 5.74) is 1.10. The molecule has 1 rings (SSSR count). The van der Waals surface area contributed by atoms with E-state index in [4.69, 9.17) is 14.2 Å². The molecule has 0 aliphatic heterocycles. The molecule has 0 aromatic heterocycles. The summed E-state index contributed by atoms with van der Waals surface area (Å²) in [6.45, 7) is 4.99. The summed E-state index contributed by atoms with van der Waals surface area (Å²) in [5.74, 6) is 2.00. The number of nitrogens with one attached hydrogen (secondary N) is 1. The quantitative estimate of drug-likeness (QED) is 0.826. The van der Waals surface area contributed by atoms with Crippen molar-refractivity contribution in [2.24, 2.45) is 0 Å². The molecule has 0 radical (unpaired) electrons. The Balaban J connectivity index is 3.00. The Kier molecular flexibility index (Phi) is 5.10. The van der Waals surface area contributed by atoms with Gasteiger partial charge in [-0.15, -0.1) is 0 Å². The van der Waals surface area contributed by atoms with Crippen molar-refractivity contribution in [1.29, 1.82) is 0 Å². The zero-order chi connectivity index (χ0) is 12.8. The molecule has 0 aliphatic carbocycles. The van der Waals surface area contributed by atoms with Gasteiger partial charge in [-0.25, -0.2) is 0 Å². The second kappa shape index (κ2) is 6.35. The molecule has 0 aliphatic rings. The molecule has 0 atom stereocenters. The Bertz CT molecular complexity index is 339. The van der Waals surface area contributed by atoms with E-state index in [1.807, 2.05) is 12.1 Å². The van der Waals surface area contributed by atoms with Gasteiger partial charge in [-0.2, -0.15) is 0 Å². The highest BCUT2D eigenvalue weighted by atomic mass is 16.5. The molecule has 0 spiro atoms. The summed E-state index contributed by atoms with van der Waals surface area (Å²) in [6.07, 6.45) is 0. The van der Waals surface area contributed by atoms with Gasteiger partial charge in [0.2, 0.25) is 5.75 Å².